The lowest BCUT2D eigenvalue weighted by atomic mass is 9.73. The standard InChI is InChI=1S/C25H25FN6O5/c1-25(21-20(37-24(27)31-25)12-36-22(21)13-9-29-32(2)11-13)15-7-14(3-4-16(15)26)30-23(33)17-8-18-19(10-28-17)35-6-5-34-18/h3-4,7-11,20-22H,5-6,12H2,1-2H3,(H2,27,31)(H,30,33)/t20-,21-,22+,25-/m1/s1. The minimum atomic E-state index is -1.15. The van der Waals surface area contributed by atoms with E-state index >= 15 is 4.39 Å². The number of nitrogens with one attached hydrogen (secondary N) is 1. The number of nitrogens with two attached hydrogens (primary N) is 1. The number of amidine groups is 1. The van der Waals surface area contributed by atoms with E-state index in [0.29, 0.717) is 30.4 Å². The summed E-state index contributed by atoms with van der Waals surface area (Å²) in [6.07, 6.45) is 4.12. The predicted molar refractivity (Wildman–Crippen MR) is 129 cm³/mol. The van der Waals surface area contributed by atoms with Gasteiger partial charge >= 0.3 is 0 Å². The first kappa shape index (κ1) is 23.2. The van der Waals surface area contributed by atoms with Crippen LogP contribution in [0.25, 0.3) is 0 Å². The fourth-order valence-electron chi connectivity index (χ4n) is 5.24. The van der Waals surface area contributed by atoms with Crippen LogP contribution in [0.3, 0.4) is 0 Å². The van der Waals surface area contributed by atoms with Crippen LogP contribution in [-0.4, -0.2) is 52.6 Å². The summed E-state index contributed by atoms with van der Waals surface area (Å²) in [7, 11) is 1.81. The number of hydrogen-bond acceptors (Lipinski definition) is 9. The highest BCUT2D eigenvalue weighted by atomic mass is 19.1. The van der Waals surface area contributed by atoms with Gasteiger partial charge in [-0.05, 0) is 25.1 Å². The van der Waals surface area contributed by atoms with E-state index < -0.39 is 35.4 Å². The third-order valence-electron chi connectivity index (χ3n) is 6.92. The van der Waals surface area contributed by atoms with Crippen molar-refractivity contribution >= 4 is 17.6 Å². The molecule has 11 nitrogen and oxygen atoms in total. The van der Waals surface area contributed by atoms with Crippen LogP contribution in [0.15, 0.2) is 47.8 Å². The Morgan fingerprint density at radius 1 is 1.22 bits per heavy atom. The number of carbonyl (C=O) groups excluding carboxylic acids is 1. The third kappa shape index (κ3) is 4.02. The van der Waals surface area contributed by atoms with Crippen LogP contribution in [0.5, 0.6) is 11.5 Å². The summed E-state index contributed by atoms with van der Waals surface area (Å²) >= 11 is 0. The normalized spacial score (nSPS) is 26.1. The maximum atomic E-state index is 15.4. The Morgan fingerprint density at radius 2 is 2.03 bits per heavy atom. The molecule has 0 saturated carbocycles. The summed E-state index contributed by atoms with van der Waals surface area (Å²) in [5.74, 6) is -0.452. The molecule has 37 heavy (non-hydrogen) atoms. The molecule has 3 aliphatic rings. The number of benzene rings is 1. The average Bonchev–Trinajstić information content (AvgIpc) is 3.51. The number of aromatic nitrogens is 3. The van der Waals surface area contributed by atoms with Gasteiger partial charge in [0, 0.05) is 36.1 Å². The van der Waals surface area contributed by atoms with E-state index in [-0.39, 0.29) is 23.9 Å². The van der Waals surface area contributed by atoms with E-state index in [9.17, 15) is 4.79 Å². The van der Waals surface area contributed by atoms with Gasteiger partial charge in [0.15, 0.2) is 11.5 Å². The second kappa shape index (κ2) is 8.73. The lowest BCUT2D eigenvalue weighted by Gasteiger charge is -2.41. The number of halogens is 1. The molecule has 0 radical (unpaired) electrons. The van der Waals surface area contributed by atoms with E-state index in [1.165, 1.54) is 24.4 Å². The molecule has 3 aliphatic heterocycles. The molecule has 1 fully saturated rings. The number of anilines is 1. The summed E-state index contributed by atoms with van der Waals surface area (Å²) in [6, 6.07) is 5.79. The van der Waals surface area contributed by atoms with Crippen molar-refractivity contribution in [3.8, 4) is 11.5 Å². The molecule has 12 heteroatoms. The van der Waals surface area contributed by atoms with Gasteiger partial charge in [-0.3, -0.25) is 9.48 Å². The number of hydrogen-bond donors (Lipinski definition) is 2. The minimum absolute atomic E-state index is 0.0477. The SMILES string of the molecule is Cn1cc([C@@H]2OC[C@H]3OC(N)=N[C@](C)(c4cc(NC(=O)c5cc6c(cn5)OCCO6)ccc4F)[C@H]32)cn1. The van der Waals surface area contributed by atoms with Gasteiger partial charge in [-0.1, -0.05) is 0 Å². The fourth-order valence-corrected chi connectivity index (χ4v) is 5.24. The Balaban J connectivity index is 1.33. The van der Waals surface area contributed by atoms with Crippen LogP contribution in [0.1, 0.15) is 34.6 Å². The molecule has 3 N–H and O–H groups in total. The molecule has 6 rings (SSSR count). The molecule has 2 aromatic heterocycles. The number of pyridine rings is 1. The second-order valence-electron chi connectivity index (χ2n) is 9.34. The number of carbonyl (C=O) groups is 1. The molecular weight excluding hydrogens is 483 g/mol. The highest BCUT2D eigenvalue weighted by Crippen LogP contribution is 2.51. The quantitative estimate of drug-likeness (QED) is 0.548. The average molecular weight is 509 g/mol. The second-order valence-corrected chi connectivity index (χ2v) is 9.34. The van der Waals surface area contributed by atoms with Gasteiger partial charge in [-0.15, -0.1) is 0 Å². The molecule has 192 valence electrons. The molecule has 0 spiro atoms. The lowest BCUT2D eigenvalue weighted by molar-refractivity contribution is 0.0555. The van der Waals surface area contributed by atoms with Crippen molar-refractivity contribution in [2.24, 2.45) is 23.7 Å². The van der Waals surface area contributed by atoms with Gasteiger partial charge in [0.1, 0.15) is 36.4 Å². The summed E-state index contributed by atoms with van der Waals surface area (Å²) in [5.41, 5.74) is 6.46. The maximum Gasteiger partial charge on any atom is 0.283 e. The number of aliphatic imine (C=N–C) groups is 1. The highest BCUT2D eigenvalue weighted by Gasteiger charge is 2.55. The monoisotopic (exact) mass is 508 g/mol. The largest absolute Gasteiger partial charge is 0.486 e. The summed E-state index contributed by atoms with van der Waals surface area (Å²) in [4.78, 5) is 21.7. The Hall–Kier alpha value is -4.19. The van der Waals surface area contributed by atoms with Crippen LogP contribution < -0.4 is 20.5 Å². The molecule has 0 unspecified atom stereocenters. The van der Waals surface area contributed by atoms with Crippen LogP contribution in [0.2, 0.25) is 0 Å². The molecule has 0 aliphatic carbocycles. The smallest absolute Gasteiger partial charge is 0.283 e. The van der Waals surface area contributed by atoms with Crippen molar-refractivity contribution in [2.45, 2.75) is 24.7 Å². The number of amides is 1. The van der Waals surface area contributed by atoms with Gasteiger partial charge in [-0.25, -0.2) is 14.4 Å². The van der Waals surface area contributed by atoms with E-state index in [0.717, 1.165) is 5.56 Å². The molecule has 1 amide bonds. The van der Waals surface area contributed by atoms with Crippen LogP contribution >= 0.6 is 0 Å². The number of fused-ring (bicyclic) bond motifs is 2. The van der Waals surface area contributed by atoms with Crippen LogP contribution in [0, 0.1) is 11.7 Å². The summed E-state index contributed by atoms with van der Waals surface area (Å²) < 4.78 is 39.9. The zero-order valence-electron chi connectivity index (χ0n) is 20.2. The van der Waals surface area contributed by atoms with Crippen molar-refractivity contribution in [3.63, 3.8) is 0 Å². The van der Waals surface area contributed by atoms with E-state index in [1.54, 1.807) is 23.9 Å². The molecule has 0 bridgehead atoms. The first-order valence-corrected chi connectivity index (χ1v) is 11.8. The van der Waals surface area contributed by atoms with E-state index in [1.807, 2.05) is 13.2 Å². The van der Waals surface area contributed by atoms with Gasteiger partial charge in [0.2, 0.25) is 0 Å². The topological polar surface area (TPSA) is 135 Å². The number of ether oxygens (including phenoxy) is 4. The van der Waals surface area contributed by atoms with Crippen LogP contribution in [-0.2, 0) is 22.1 Å². The summed E-state index contributed by atoms with van der Waals surface area (Å²) in [6.45, 7) is 2.87. The Bertz CT molecular complexity index is 1410. The van der Waals surface area contributed by atoms with Gasteiger partial charge in [0.05, 0.1) is 31.0 Å². The van der Waals surface area contributed by atoms with E-state index in [2.05, 4.69) is 20.4 Å². The first-order chi connectivity index (χ1) is 17.8. The van der Waals surface area contributed by atoms with Gasteiger partial charge < -0.3 is 30.0 Å². The van der Waals surface area contributed by atoms with Crippen molar-refractivity contribution in [2.75, 3.05) is 25.1 Å². The van der Waals surface area contributed by atoms with Crippen molar-refractivity contribution in [1.29, 1.82) is 0 Å². The zero-order chi connectivity index (χ0) is 25.7. The minimum Gasteiger partial charge on any atom is -0.486 e. The maximum absolute atomic E-state index is 15.4. The van der Waals surface area contributed by atoms with Crippen molar-refractivity contribution in [1.82, 2.24) is 14.8 Å². The van der Waals surface area contributed by atoms with Crippen LogP contribution in [0.4, 0.5) is 10.1 Å². The molecular formula is C25H25FN6O5. The van der Waals surface area contributed by atoms with E-state index in [4.69, 9.17) is 24.7 Å². The first-order valence-electron chi connectivity index (χ1n) is 11.8. The Labute approximate surface area is 211 Å². The van der Waals surface area contributed by atoms with Crippen molar-refractivity contribution < 1.29 is 28.1 Å². The predicted octanol–water partition coefficient (Wildman–Crippen LogP) is 2.29. The Kier molecular flexibility index (Phi) is 5.48. The molecule has 1 aromatic carbocycles. The molecule has 1 saturated heterocycles. The summed E-state index contributed by atoms with van der Waals surface area (Å²) in [5, 5.41) is 7.03. The van der Waals surface area contributed by atoms with Gasteiger partial charge in [0.25, 0.3) is 11.9 Å². The third-order valence-corrected chi connectivity index (χ3v) is 6.92. The highest BCUT2D eigenvalue weighted by molar-refractivity contribution is 6.03. The van der Waals surface area contributed by atoms with Crippen molar-refractivity contribution in [3.05, 3.63) is 65.5 Å². The van der Waals surface area contributed by atoms with Gasteiger partial charge in [-0.2, -0.15) is 5.10 Å². The number of nitrogens with zero attached hydrogens (tertiary/aromatic N) is 4. The molecule has 5 heterocycles. The lowest BCUT2D eigenvalue weighted by Crippen LogP contribution is -2.48. The Morgan fingerprint density at radius 3 is 2.81 bits per heavy atom. The number of rotatable bonds is 4. The molecule has 4 atom stereocenters. The zero-order valence-corrected chi connectivity index (χ0v) is 20.2. The fraction of sp³-hybridized carbons (Fsp3) is 0.360. The number of aryl methyl sites for hydroxylation is 1. The molecule has 3 aromatic rings.